The molecule has 4 aromatic rings. The number of fused-ring (bicyclic) bond motifs is 6. The van der Waals surface area contributed by atoms with Gasteiger partial charge in [-0.05, 0) is 63.8 Å². The Kier molecular flexibility index (Phi) is 7.66. The van der Waals surface area contributed by atoms with E-state index in [4.69, 9.17) is 24.4 Å². The molecule has 1 aromatic carbocycles. The van der Waals surface area contributed by atoms with E-state index in [0.717, 1.165) is 55.3 Å². The monoisotopic (exact) mass is 591 g/mol. The Labute approximate surface area is 249 Å². The summed E-state index contributed by atoms with van der Waals surface area (Å²) in [6.45, 7) is 5.56. The van der Waals surface area contributed by atoms with Gasteiger partial charge < -0.3 is 19.3 Å². The largest absolute Gasteiger partial charge is 0.476 e. The molecule has 2 unspecified atom stereocenters. The lowest BCUT2D eigenvalue weighted by Crippen LogP contribution is -2.41. The second kappa shape index (κ2) is 11.7. The Morgan fingerprint density at radius 2 is 2.02 bits per heavy atom. The van der Waals surface area contributed by atoms with Gasteiger partial charge in [-0.2, -0.15) is 10.2 Å². The summed E-state index contributed by atoms with van der Waals surface area (Å²) in [6.07, 6.45) is 9.94. The minimum absolute atomic E-state index is 0.0385. The fraction of sp³-hybridized carbons (Fsp3) is 0.516. The number of piperidine rings is 1. The average Bonchev–Trinajstić information content (AvgIpc) is 3.65. The van der Waals surface area contributed by atoms with Crippen LogP contribution in [0.2, 0.25) is 0 Å². The molecular weight excluding hydrogens is 553 g/mol. The van der Waals surface area contributed by atoms with E-state index in [1.807, 2.05) is 41.6 Å². The molecule has 2 saturated heterocycles. The number of aryl methyl sites for hydroxylation is 1. The standard InChI is InChI=1S/C31H38FN7O4/c1-3-41-30-21-9-10-26-23-15-22(25(32)16-27(23)39(34-26)29-8-4-5-14-42-29)24-17-33-36(2)31(24)43-20-7-6-11-37(18-20)19-28(21)38(35-30)12-13-40/h9-10,15-17,20,29,40H,3-8,11-14,18-19H2,1-2H3/b10-9+/t20-,29?/m1/s1. The van der Waals surface area contributed by atoms with Crippen LogP contribution in [0.1, 0.15) is 62.2 Å². The molecule has 12 heteroatoms. The van der Waals surface area contributed by atoms with Crippen molar-refractivity contribution < 1.29 is 23.7 Å². The van der Waals surface area contributed by atoms with Crippen LogP contribution in [0, 0.1) is 5.82 Å². The zero-order chi connectivity index (χ0) is 29.5. The highest BCUT2D eigenvalue weighted by molar-refractivity contribution is 5.94. The van der Waals surface area contributed by atoms with E-state index in [-0.39, 0.29) is 24.8 Å². The van der Waals surface area contributed by atoms with E-state index < -0.39 is 0 Å². The molecule has 0 spiro atoms. The van der Waals surface area contributed by atoms with Crippen molar-refractivity contribution in [3.63, 3.8) is 0 Å². The van der Waals surface area contributed by atoms with Crippen molar-refractivity contribution in [3.8, 4) is 22.9 Å². The fourth-order valence-corrected chi connectivity index (χ4v) is 6.53. The molecule has 3 aromatic heterocycles. The number of halogens is 1. The number of aromatic nitrogens is 6. The summed E-state index contributed by atoms with van der Waals surface area (Å²) in [7, 11) is 1.83. The number of rotatable bonds is 5. The highest BCUT2D eigenvalue weighted by atomic mass is 19.1. The second-order valence-electron chi connectivity index (χ2n) is 11.5. The van der Waals surface area contributed by atoms with Gasteiger partial charge in [-0.3, -0.25) is 9.58 Å². The summed E-state index contributed by atoms with van der Waals surface area (Å²) in [5, 5.41) is 24.8. The molecule has 2 fully saturated rings. The molecule has 1 N–H and O–H groups in total. The normalized spacial score (nSPS) is 22.8. The number of nitrogens with zero attached hydrogens (tertiary/aromatic N) is 7. The second-order valence-corrected chi connectivity index (χ2v) is 11.5. The first kappa shape index (κ1) is 28.1. The maximum absolute atomic E-state index is 16.0. The molecule has 7 rings (SSSR count). The van der Waals surface area contributed by atoms with Gasteiger partial charge in [0, 0.05) is 43.8 Å². The summed E-state index contributed by atoms with van der Waals surface area (Å²) in [6, 6.07) is 3.41. The number of benzene rings is 1. The van der Waals surface area contributed by atoms with E-state index in [1.165, 1.54) is 0 Å². The van der Waals surface area contributed by atoms with E-state index in [2.05, 4.69) is 10.00 Å². The molecule has 43 heavy (non-hydrogen) atoms. The number of hydrogen-bond donors (Lipinski definition) is 1. The highest BCUT2D eigenvalue weighted by Gasteiger charge is 2.29. The number of ether oxygens (including phenoxy) is 3. The summed E-state index contributed by atoms with van der Waals surface area (Å²) in [4.78, 5) is 2.34. The molecule has 0 aliphatic carbocycles. The quantitative estimate of drug-likeness (QED) is 0.365. The van der Waals surface area contributed by atoms with Crippen LogP contribution in [-0.4, -0.2) is 78.4 Å². The summed E-state index contributed by atoms with van der Waals surface area (Å²) in [5.74, 6) is 0.698. The topological polar surface area (TPSA) is 105 Å². The first-order valence-corrected chi connectivity index (χ1v) is 15.3. The molecule has 0 amide bonds. The zero-order valence-corrected chi connectivity index (χ0v) is 24.7. The minimum Gasteiger partial charge on any atom is -0.476 e. The number of aliphatic hydroxyl groups is 1. The summed E-state index contributed by atoms with van der Waals surface area (Å²) < 4.78 is 40.0. The van der Waals surface area contributed by atoms with Crippen molar-refractivity contribution in [2.75, 3.05) is 32.9 Å². The minimum atomic E-state index is -0.362. The summed E-state index contributed by atoms with van der Waals surface area (Å²) in [5.41, 5.74) is 4.20. The lowest BCUT2D eigenvalue weighted by Gasteiger charge is -2.33. The van der Waals surface area contributed by atoms with Crippen LogP contribution in [0.15, 0.2) is 18.3 Å². The predicted molar refractivity (Wildman–Crippen MR) is 159 cm³/mol. The molecule has 3 atom stereocenters. The van der Waals surface area contributed by atoms with Crippen LogP contribution in [0.4, 0.5) is 4.39 Å². The van der Waals surface area contributed by atoms with Gasteiger partial charge in [0.2, 0.25) is 11.8 Å². The lowest BCUT2D eigenvalue weighted by molar-refractivity contribution is -0.0367. The van der Waals surface area contributed by atoms with Crippen LogP contribution >= 0.6 is 0 Å². The van der Waals surface area contributed by atoms with Gasteiger partial charge in [-0.15, -0.1) is 5.10 Å². The van der Waals surface area contributed by atoms with Crippen LogP contribution < -0.4 is 9.47 Å². The molecule has 6 heterocycles. The first-order chi connectivity index (χ1) is 21.0. The molecule has 228 valence electrons. The Balaban J connectivity index is 1.45. The van der Waals surface area contributed by atoms with Crippen LogP contribution in [0.25, 0.3) is 34.2 Å². The van der Waals surface area contributed by atoms with Gasteiger partial charge in [-0.25, -0.2) is 13.8 Å². The van der Waals surface area contributed by atoms with Gasteiger partial charge in [0.15, 0.2) is 6.23 Å². The van der Waals surface area contributed by atoms with Crippen LogP contribution in [-0.2, 0) is 24.9 Å². The van der Waals surface area contributed by atoms with Crippen molar-refractivity contribution in [1.29, 1.82) is 0 Å². The van der Waals surface area contributed by atoms with Crippen LogP contribution in [0.5, 0.6) is 11.8 Å². The predicted octanol–water partition coefficient (Wildman–Crippen LogP) is 4.39. The zero-order valence-electron chi connectivity index (χ0n) is 24.7. The molecule has 4 bridgehead atoms. The van der Waals surface area contributed by atoms with Crippen molar-refractivity contribution in [3.05, 3.63) is 41.1 Å². The smallest absolute Gasteiger partial charge is 0.240 e. The third kappa shape index (κ3) is 5.21. The van der Waals surface area contributed by atoms with E-state index >= 15 is 4.39 Å². The maximum atomic E-state index is 16.0. The van der Waals surface area contributed by atoms with E-state index in [9.17, 15) is 5.11 Å². The fourth-order valence-electron chi connectivity index (χ4n) is 6.53. The molecular formula is C31H38FN7O4. The number of aliphatic hydroxyl groups excluding tert-OH is 1. The molecule has 3 aliphatic heterocycles. The first-order valence-electron chi connectivity index (χ1n) is 15.3. The van der Waals surface area contributed by atoms with Gasteiger partial charge in [-0.1, -0.05) is 0 Å². The van der Waals surface area contributed by atoms with Gasteiger partial charge in [0.1, 0.15) is 11.9 Å². The molecule has 3 aliphatic rings. The van der Waals surface area contributed by atoms with E-state index in [0.29, 0.717) is 66.9 Å². The number of hydrogen-bond acceptors (Lipinski definition) is 8. The van der Waals surface area contributed by atoms with E-state index in [1.54, 1.807) is 16.9 Å². The lowest BCUT2D eigenvalue weighted by atomic mass is 10.0. The average molecular weight is 592 g/mol. The molecule has 11 nitrogen and oxygen atoms in total. The Morgan fingerprint density at radius 3 is 2.84 bits per heavy atom. The SMILES string of the molecule is CCOc1nn(CCO)c2c1/C=C/c1nn(C3CCCCO3)c3cc(F)c(cc13)-c1cnn(C)c1O[C@@H]1CCCN(C2)C1. The van der Waals surface area contributed by atoms with Gasteiger partial charge in [0.25, 0.3) is 0 Å². The van der Waals surface area contributed by atoms with Crippen molar-refractivity contribution in [2.24, 2.45) is 7.05 Å². The van der Waals surface area contributed by atoms with Gasteiger partial charge in [0.05, 0.1) is 54.0 Å². The maximum Gasteiger partial charge on any atom is 0.240 e. The third-order valence-corrected chi connectivity index (χ3v) is 8.61. The Hall–Kier alpha value is -3.74. The Bertz CT molecular complexity index is 1650. The Morgan fingerprint density at radius 1 is 1.12 bits per heavy atom. The molecule has 0 saturated carbocycles. The van der Waals surface area contributed by atoms with Crippen LogP contribution in [0.3, 0.4) is 0 Å². The molecule has 0 radical (unpaired) electrons. The van der Waals surface area contributed by atoms with Crippen molar-refractivity contribution in [1.82, 2.24) is 34.2 Å². The highest BCUT2D eigenvalue weighted by Crippen LogP contribution is 2.38. The van der Waals surface area contributed by atoms with Crippen molar-refractivity contribution in [2.45, 2.75) is 64.4 Å². The van der Waals surface area contributed by atoms with Crippen molar-refractivity contribution >= 4 is 23.1 Å². The summed E-state index contributed by atoms with van der Waals surface area (Å²) >= 11 is 0. The van der Waals surface area contributed by atoms with Gasteiger partial charge >= 0.3 is 0 Å². The third-order valence-electron chi connectivity index (χ3n) is 8.61.